The van der Waals surface area contributed by atoms with E-state index < -0.39 is 5.97 Å². The first-order valence-corrected chi connectivity index (χ1v) is 6.01. The maximum atomic E-state index is 10.7. The van der Waals surface area contributed by atoms with Crippen molar-refractivity contribution in [2.24, 2.45) is 0 Å². The number of carboxylic acid groups (broad SMARTS) is 1. The van der Waals surface area contributed by atoms with Gasteiger partial charge in [0.05, 0.1) is 17.7 Å². The minimum Gasteiger partial charge on any atom is -0.478 e. The summed E-state index contributed by atoms with van der Waals surface area (Å²) in [7, 11) is 0. The van der Waals surface area contributed by atoms with Gasteiger partial charge in [0.1, 0.15) is 0 Å². The number of nitrogens with zero attached hydrogens (tertiary/aromatic N) is 2. The molecule has 4 heteroatoms. The van der Waals surface area contributed by atoms with E-state index in [9.17, 15) is 4.79 Å². The average Bonchev–Trinajstić information content (AvgIpc) is 2.68. The molecule has 0 atom stereocenters. The van der Waals surface area contributed by atoms with E-state index in [1.54, 1.807) is 12.4 Å². The predicted molar refractivity (Wildman–Crippen MR) is 74.4 cm³/mol. The van der Waals surface area contributed by atoms with Crippen LogP contribution in [0, 0.1) is 20.8 Å². The van der Waals surface area contributed by atoms with Crippen LogP contribution in [0.4, 0.5) is 0 Å². The summed E-state index contributed by atoms with van der Waals surface area (Å²) in [4.78, 5) is 14.9. The number of carbonyl (C=O) groups is 1. The summed E-state index contributed by atoms with van der Waals surface area (Å²) in [5, 5.41) is 8.76. The van der Waals surface area contributed by atoms with Crippen molar-refractivity contribution in [3.05, 3.63) is 53.1 Å². The average molecular weight is 256 g/mol. The highest BCUT2D eigenvalue weighted by Gasteiger charge is 2.08. The molecule has 4 nitrogen and oxygen atoms in total. The van der Waals surface area contributed by atoms with Crippen molar-refractivity contribution >= 4 is 12.0 Å². The molecule has 1 heterocycles. The van der Waals surface area contributed by atoms with Crippen molar-refractivity contribution in [1.82, 2.24) is 9.55 Å². The van der Waals surface area contributed by atoms with Crippen molar-refractivity contribution in [2.75, 3.05) is 0 Å². The third-order valence-corrected chi connectivity index (χ3v) is 3.10. The van der Waals surface area contributed by atoms with Gasteiger partial charge in [-0.2, -0.15) is 0 Å². The highest BCUT2D eigenvalue weighted by atomic mass is 16.4. The normalized spacial score (nSPS) is 11.1. The quantitative estimate of drug-likeness (QED) is 0.859. The maximum Gasteiger partial charge on any atom is 0.328 e. The molecule has 2 aromatic rings. The zero-order valence-electron chi connectivity index (χ0n) is 11.2. The van der Waals surface area contributed by atoms with E-state index in [4.69, 9.17) is 5.11 Å². The summed E-state index contributed by atoms with van der Waals surface area (Å²) in [6.45, 7) is 5.92. The molecule has 0 amide bonds. The third-order valence-electron chi connectivity index (χ3n) is 3.10. The van der Waals surface area contributed by atoms with Crippen molar-refractivity contribution < 1.29 is 9.90 Å². The highest BCUT2D eigenvalue weighted by molar-refractivity contribution is 5.86. The first-order chi connectivity index (χ1) is 8.99. The molecule has 1 aromatic heterocycles. The van der Waals surface area contributed by atoms with Crippen molar-refractivity contribution in [1.29, 1.82) is 0 Å². The molecule has 0 aliphatic carbocycles. The van der Waals surface area contributed by atoms with Crippen LogP contribution in [-0.2, 0) is 4.79 Å². The summed E-state index contributed by atoms with van der Waals surface area (Å²) in [5.74, 6) is -0.953. The Kier molecular flexibility index (Phi) is 3.51. The molecule has 0 bridgehead atoms. The third kappa shape index (κ3) is 2.73. The summed E-state index contributed by atoms with van der Waals surface area (Å²) in [5.41, 5.74) is 4.90. The van der Waals surface area contributed by atoms with Crippen LogP contribution < -0.4 is 0 Å². The van der Waals surface area contributed by atoms with Crippen molar-refractivity contribution in [3.8, 4) is 5.69 Å². The van der Waals surface area contributed by atoms with E-state index in [0.717, 1.165) is 34.3 Å². The monoisotopic (exact) mass is 256 g/mol. The summed E-state index contributed by atoms with van der Waals surface area (Å²) in [6.07, 6.45) is 4.52. The van der Waals surface area contributed by atoms with Gasteiger partial charge in [0.2, 0.25) is 0 Å². The van der Waals surface area contributed by atoms with Gasteiger partial charge in [-0.25, -0.2) is 9.78 Å². The molecule has 1 aromatic carbocycles. The molecular weight excluding hydrogens is 240 g/mol. The Labute approximate surface area is 112 Å². The van der Waals surface area contributed by atoms with E-state index in [2.05, 4.69) is 4.98 Å². The second kappa shape index (κ2) is 5.10. The van der Waals surface area contributed by atoms with Crippen LogP contribution in [0.5, 0.6) is 0 Å². The van der Waals surface area contributed by atoms with Crippen LogP contribution in [0.3, 0.4) is 0 Å². The fourth-order valence-electron chi connectivity index (χ4n) is 1.93. The Hall–Kier alpha value is -2.36. The van der Waals surface area contributed by atoms with Crippen LogP contribution in [0.15, 0.2) is 30.6 Å². The van der Waals surface area contributed by atoms with Crippen LogP contribution in [0.1, 0.15) is 22.5 Å². The molecule has 98 valence electrons. The molecular formula is C15H16N2O2. The molecule has 0 saturated heterocycles. The van der Waals surface area contributed by atoms with Gasteiger partial charge in [-0.15, -0.1) is 0 Å². The lowest BCUT2D eigenvalue weighted by molar-refractivity contribution is -0.131. The predicted octanol–water partition coefficient (Wildman–Crippen LogP) is 2.90. The molecule has 2 rings (SSSR count). The zero-order chi connectivity index (χ0) is 14.0. The van der Waals surface area contributed by atoms with Crippen LogP contribution in [-0.4, -0.2) is 20.6 Å². The smallest absolute Gasteiger partial charge is 0.328 e. The Morgan fingerprint density at radius 1 is 1.32 bits per heavy atom. The molecule has 0 radical (unpaired) electrons. The topological polar surface area (TPSA) is 55.1 Å². The summed E-state index contributed by atoms with van der Waals surface area (Å²) >= 11 is 0. The standard InChI is InChI=1S/C15H16N2O2/c1-10-4-6-14(13(8-10)5-7-15(18)19)17-9-16-11(2)12(17)3/h4-9H,1-3H3,(H,18,19)/b7-5+. The van der Waals surface area contributed by atoms with E-state index in [1.165, 1.54) is 0 Å². The zero-order valence-corrected chi connectivity index (χ0v) is 11.2. The first-order valence-electron chi connectivity index (χ1n) is 6.01. The second-order valence-corrected chi connectivity index (χ2v) is 4.52. The largest absolute Gasteiger partial charge is 0.478 e. The van der Waals surface area contributed by atoms with Crippen LogP contribution >= 0.6 is 0 Å². The summed E-state index contributed by atoms with van der Waals surface area (Å²) < 4.78 is 1.97. The highest BCUT2D eigenvalue weighted by Crippen LogP contribution is 2.21. The van der Waals surface area contributed by atoms with E-state index in [0.29, 0.717) is 0 Å². The lowest BCUT2D eigenvalue weighted by Gasteiger charge is -2.10. The van der Waals surface area contributed by atoms with Crippen LogP contribution in [0.2, 0.25) is 0 Å². The minimum absolute atomic E-state index is 0.864. The number of aryl methyl sites for hydroxylation is 2. The summed E-state index contributed by atoms with van der Waals surface area (Å²) in [6, 6.07) is 5.94. The van der Waals surface area contributed by atoms with Gasteiger partial charge < -0.3 is 9.67 Å². The van der Waals surface area contributed by atoms with Gasteiger partial charge in [-0.1, -0.05) is 11.6 Å². The van der Waals surface area contributed by atoms with E-state index in [-0.39, 0.29) is 0 Å². The Morgan fingerprint density at radius 3 is 2.63 bits per heavy atom. The fraction of sp³-hybridized carbons (Fsp3) is 0.200. The van der Waals surface area contributed by atoms with Gasteiger partial charge >= 0.3 is 5.97 Å². The lowest BCUT2D eigenvalue weighted by Crippen LogP contribution is -1.99. The number of hydrogen-bond donors (Lipinski definition) is 1. The molecule has 0 aliphatic heterocycles. The molecule has 0 unspecified atom stereocenters. The number of hydrogen-bond acceptors (Lipinski definition) is 2. The van der Waals surface area contributed by atoms with Gasteiger partial charge in [0.25, 0.3) is 0 Å². The Balaban J connectivity index is 2.57. The van der Waals surface area contributed by atoms with Gasteiger partial charge in [0.15, 0.2) is 0 Å². The number of aromatic nitrogens is 2. The Morgan fingerprint density at radius 2 is 2.05 bits per heavy atom. The second-order valence-electron chi connectivity index (χ2n) is 4.52. The fourth-order valence-corrected chi connectivity index (χ4v) is 1.93. The molecule has 1 N–H and O–H groups in total. The minimum atomic E-state index is -0.953. The number of benzene rings is 1. The molecule has 19 heavy (non-hydrogen) atoms. The molecule has 0 aliphatic rings. The number of rotatable bonds is 3. The number of aliphatic carboxylic acids is 1. The molecule has 0 spiro atoms. The lowest BCUT2D eigenvalue weighted by atomic mass is 10.1. The van der Waals surface area contributed by atoms with Gasteiger partial charge in [0, 0.05) is 11.8 Å². The van der Waals surface area contributed by atoms with E-state index >= 15 is 0 Å². The number of carboxylic acids is 1. The van der Waals surface area contributed by atoms with Gasteiger partial charge in [-0.05, 0) is 44.5 Å². The SMILES string of the molecule is Cc1ccc(-n2cnc(C)c2C)c(/C=C/C(=O)O)c1. The molecule has 0 saturated carbocycles. The van der Waals surface area contributed by atoms with Gasteiger partial charge in [-0.3, -0.25) is 0 Å². The number of imidazole rings is 1. The Bertz CT molecular complexity index is 654. The van der Waals surface area contributed by atoms with E-state index in [1.807, 2.05) is 43.5 Å². The van der Waals surface area contributed by atoms with Crippen molar-refractivity contribution in [3.63, 3.8) is 0 Å². The van der Waals surface area contributed by atoms with Crippen LogP contribution in [0.25, 0.3) is 11.8 Å². The first kappa shape index (κ1) is 13.1. The molecule has 0 fully saturated rings. The van der Waals surface area contributed by atoms with Crippen molar-refractivity contribution in [2.45, 2.75) is 20.8 Å². The maximum absolute atomic E-state index is 10.7.